The number of methoxy groups -OCH3 is 2. The molecule has 19 heavy (non-hydrogen) atoms. The van der Waals surface area contributed by atoms with Gasteiger partial charge in [-0.2, -0.15) is 0 Å². The van der Waals surface area contributed by atoms with E-state index in [9.17, 15) is 9.59 Å². The first kappa shape index (κ1) is 14.8. The molecule has 0 aliphatic carbocycles. The van der Waals surface area contributed by atoms with Gasteiger partial charge in [0.05, 0.1) is 13.7 Å². The lowest BCUT2D eigenvalue weighted by molar-refractivity contribution is -0.145. The fourth-order valence-electron chi connectivity index (χ4n) is 1.30. The maximum Gasteiger partial charge on any atom is 0.331 e. The van der Waals surface area contributed by atoms with Gasteiger partial charge in [-0.15, -0.1) is 10.2 Å². The first-order valence-corrected chi connectivity index (χ1v) is 5.35. The summed E-state index contributed by atoms with van der Waals surface area (Å²) >= 11 is 0. The van der Waals surface area contributed by atoms with Crippen molar-refractivity contribution in [3.8, 4) is 5.88 Å². The molecule has 0 aliphatic rings. The average Bonchev–Trinajstić information content (AvgIpc) is 2.38. The molecule has 8 heteroatoms. The third-order valence-electron chi connectivity index (χ3n) is 2.38. The van der Waals surface area contributed by atoms with Gasteiger partial charge in [0.15, 0.2) is 11.2 Å². The molecule has 0 bridgehead atoms. The highest BCUT2D eigenvalue weighted by atomic mass is 16.5. The van der Waals surface area contributed by atoms with Gasteiger partial charge < -0.3 is 19.9 Å². The Morgan fingerprint density at radius 3 is 2.47 bits per heavy atom. The van der Waals surface area contributed by atoms with Crippen molar-refractivity contribution < 1.29 is 24.2 Å². The highest BCUT2D eigenvalue weighted by Gasteiger charge is 2.35. The standard InChI is InChI=1S/C11H15N3O5/c1-11(6-18-2,10(16)17)12-9(15)7-4-5-8(19-3)14-13-7/h4-5H,6H2,1-3H3,(H,12,15)(H,16,17). The Hall–Kier alpha value is -2.22. The number of aromatic nitrogens is 2. The zero-order valence-electron chi connectivity index (χ0n) is 10.8. The molecule has 1 heterocycles. The Morgan fingerprint density at radius 2 is 2.05 bits per heavy atom. The molecule has 1 aromatic heterocycles. The van der Waals surface area contributed by atoms with E-state index in [0.29, 0.717) is 0 Å². The van der Waals surface area contributed by atoms with Crippen molar-refractivity contribution in [1.29, 1.82) is 0 Å². The number of hydrogen-bond donors (Lipinski definition) is 2. The summed E-state index contributed by atoms with van der Waals surface area (Å²) in [7, 11) is 2.77. The van der Waals surface area contributed by atoms with Crippen LogP contribution in [-0.4, -0.2) is 53.5 Å². The summed E-state index contributed by atoms with van der Waals surface area (Å²) in [5, 5.41) is 18.7. The van der Waals surface area contributed by atoms with Crippen LogP contribution in [0.2, 0.25) is 0 Å². The van der Waals surface area contributed by atoms with Gasteiger partial charge in [0.25, 0.3) is 5.91 Å². The predicted molar refractivity (Wildman–Crippen MR) is 64.0 cm³/mol. The van der Waals surface area contributed by atoms with Crippen molar-refractivity contribution in [3.63, 3.8) is 0 Å². The number of hydrogen-bond acceptors (Lipinski definition) is 6. The van der Waals surface area contributed by atoms with Crippen LogP contribution >= 0.6 is 0 Å². The van der Waals surface area contributed by atoms with E-state index in [1.54, 1.807) is 0 Å². The highest BCUT2D eigenvalue weighted by Crippen LogP contribution is 2.08. The maximum atomic E-state index is 11.9. The summed E-state index contributed by atoms with van der Waals surface area (Å²) in [4.78, 5) is 23.0. The van der Waals surface area contributed by atoms with E-state index >= 15 is 0 Å². The summed E-state index contributed by atoms with van der Waals surface area (Å²) in [6, 6.07) is 2.84. The summed E-state index contributed by atoms with van der Waals surface area (Å²) < 4.78 is 9.60. The molecule has 0 fully saturated rings. The lowest BCUT2D eigenvalue weighted by Crippen LogP contribution is -2.55. The zero-order valence-corrected chi connectivity index (χ0v) is 10.8. The fraction of sp³-hybridized carbons (Fsp3) is 0.455. The summed E-state index contributed by atoms with van der Waals surface area (Å²) in [6.45, 7) is 1.17. The van der Waals surface area contributed by atoms with E-state index in [1.807, 2.05) is 0 Å². The molecule has 0 saturated heterocycles. The van der Waals surface area contributed by atoms with Crippen LogP contribution in [0.25, 0.3) is 0 Å². The van der Waals surface area contributed by atoms with Crippen LogP contribution in [0.3, 0.4) is 0 Å². The minimum Gasteiger partial charge on any atom is -0.480 e. The van der Waals surface area contributed by atoms with E-state index < -0.39 is 17.4 Å². The Morgan fingerprint density at radius 1 is 1.37 bits per heavy atom. The lowest BCUT2D eigenvalue weighted by atomic mass is 10.0. The van der Waals surface area contributed by atoms with Crippen molar-refractivity contribution in [3.05, 3.63) is 17.8 Å². The van der Waals surface area contributed by atoms with E-state index in [1.165, 1.54) is 33.3 Å². The van der Waals surface area contributed by atoms with Gasteiger partial charge >= 0.3 is 5.97 Å². The number of amides is 1. The lowest BCUT2D eigenvalue weighted by Gasteiger charge is -2.24. The topological polar surface area (TPSA) is 111 Å². The highest BCUT2D eigenvalue weighted by molar-refractivity contribution is 5.96. The van der Waals surface area contributed by atoms with Crippen LogP contribution in [0.15, 0.2) is 12.1 Å². The van der Waals surface area contributed by atoms with Gasteiger partial charge in [-0.1, -0.05) is 0 Å². The molecular weight excluding hydrogens is 254 g/mol. The number of carbonyl (C=O) groups is 2. The number of carboxylic acid groups (broad SMARTS) is 1. The van der Waals surface area contributed by atoms with E-state index in [-0.39, 0.29) is 18.2 Å². The first-order valence-electron chi connectivity index (χ1n) is 5.35. The second-order valence-corrected chi connectivity index (χ2v) is 3.99. The molecular formula is C11H15N3O5. The smallest absolute Gasteiger partial charge is 0.331 e. The average molecular weight is 269 g/mol. The quantitative estimate of drug-likeness (QED) is 0.729. The van der Waals surface area contributed by atoms with E-state index in [0.717, 1.165) is 0 Å². The van der Waals surface area contributed by atoms with Crippen LogP contribution in [0, 0.1) is 0 Å². The first-order chi connectivity index (χ1) is 8.92. The maximum absolute atomic E-state index is 11.9. The molecule has 0 spiro atoms. The summed E-state index contributed by atoms with van der Waals surface area (Å²) in [5.41, 5.74) is -1.54. The SMILES string of the molecule is COCC(C)(NC(=O)c1ccc(OC)nn1)C(=O)O. The molecule has 1 aromatic rings. The molecule has 1 unspecified atom stereocenters. The van der Waals surface area contributed by atoms with Crippen molar-refractivity contribution in [2.45, 2.75) is 12.5 Å². The van der Waals surface area contributed by atoms with Crippen LogP contribution in [0.5, 0.6) is 5.88 Å². The van der Waals surface area contributed by atoms with Gasteiger partial charge in [0.1, 0.15) is 0 Å². The number of carbonyl (C=O) groups excluding carboxylic acids is 1. The Kier molecular flexibility index (Phi) is 4.76. The molecule has 104 valence electrons. The van der Waals surface area contributed by atoms with Crippen molar-refractivity contribution in [1.82, 2.24) is 15.5 Å². The number of rotatable bonds is 6. The minimum atomic E-state index is -1.53. The second-order valence-electron chi connectivity index (χ2n) is 3.99. The third-order valence-corrected chi connectivity index (χ3v) is 2.38. The number of carboxylic acids is 1. The molecule has 1 rings (SSSR count). The van der Waals surface area contributed by atoms with Crippen LogP contribution < -0.4 is 10.1 Å². The number of nitrogens with one attached hydrogen (secondary N) is 1. The molecule has 0 radical (unpaired) electrons. The van der Waals surface area contributed by atoms with Gasteiger partial charge in [-0.25, -0.2) is 4.79 Å². The third kappa shape index (κ3) is 3.62. The van der Waals surface area contributed by atoms with Crippen molar-refractivity contribution in [2.24, 2.45) is 0 Å². The molecule has 8 nitrogen and oxygen atoms in total. The molecule has 0 aliphatic heterocycles. The van der Waals surface area contributed by atoms with E-state index in [2.05, 4.69) is 15.5 Å². The van der Waals surface area contributed by atoms with Crippen LogP contribution in [-0.2, 0) is 9.53 Å². The number of aliphatic carboxylic acids is 1. The summed E-state index contributed by atoms with van der Waals surface area (Å²) in [6.07, 6.45) is 0. The van der Waals surface area contributed by atoms with Gasteiger partial charge in [-0.05, 0) is 13.0 Å². The Bertz CT molecular complexity index is 462. The molecule has 0 aromatic carbocycles. The largest absolute Gasteiger partial charge is 0.480 e. The number of ether oxygens (including phenoxy) is 2. The van der Waals surface area contributed by atoms with Crippen LogP contribution in [0.4, 0.5) is 0 Å². The predicted octanol–water partition coefficient (Wildman–Crippen LogP) is -0.295. The van der Waals surface area contributed by atoms with Crippen LogP contribution in [0.1, 0.15) is 17.4 Å². The normalized spacial score (nSPS) is 13.4. The van der Waals surface area contributed by atoms with Crippen molar-refractivity contribution in [2.75, 3.05) is 20.8 Å². The zero-order chi connectivity index (χ0) is 14.5. The molecule has 2 N–H and O–H groups in total. The second kappa shape index (κ2) is 6.10. The van der Waals surface area contributed by atoms with Gasteiger partial charge in [0, 0.05) is 13.2 Å². The minimum absolute atomic E-state index is 0.00984. The van der Waals surface area contributed by atoms with Gasteiger partial charge in [0.2, 0.25) is 5.88 Å². The summed E-state index contributed by atoms with van der Waals surface area (Å²) in [5.74, 6) is -1.60. The van der Waals surface area contributed by atoms with Gasteiger partial charge in [-0.3, -0.25) is 4.79 Å². The van der Waals surface area contributed by atoms with E-state index in [4.69, 9.17) is 14.6 Å². The Balaban J connectivity index is 2.84. The molecule has 1 amide bonds. The Labute approximate surface area is 109 Å². The number of nitrogens with zero attached hydrogens (tertiary/aromatic N) is 2. The molecule has 0 saturated carbocycles. The molecule has 1 atom stereocenters. The van der Waals surface area contributed by atoms with Crippen molar-refractivity contribution >= 4 is 11.9 Å². The fourth-order valence-corrected chi connectivity index (χ4v) is 1.30. The monoisotopic (exact) mass is 269 g/mol.